The van der Waals surface area contributed by atoms with E-state index in [1.165, 1.54) is 6.07 Å². The van der Waals surface area contributed by atoms with Crippen molar-refractivity contribution in [3.63, 3.8) is 0 Å². The number of hydrogen-bond acceptors (Lipinski definition) is 6. The van der Waals surface area contributed by atoms with Crippen LogP contribution < -0.4 is 15.6 Å². The molecule has 0 aliphatic carbocycles. The van der Waals surface area contributed by atoms with Gasteiger partial charge in [-0.1, -0.05) is 46.3 Å². The van der Waals surface area contributed by atoms with Gasteiger partial charge in [-0.25, -0.2) is 19.2 Å². The van der Waals surface area contributed by atoms with Crippen LogP contribution in [-0.2, 0) is 16.1 Å². The standard InChI is InChI=1S/C29H28BrF2N3O4/c1-2-15-29(28(37)35-33-18-22-24(31)9-5-10-25(22)32)26(21-7-3-4-8-23(21)30)39-27(34-29)19-11-13-20(14-12-19)38-17-6-16-36/h2-5,7-14,26,33,36H,1,6,15-18H2,(H,35,37)/t26-,29-/m0/s1. The third kappa shape index (κ3) is 6.35. The highest BCUT2D eigenvalue weighted by molar-refractivity contribution is 9.10. The number of amides is 1. The van der Waals surface area contributed by atoms with Crippen molar-refractivity contribution in [2.45, 2.75) is 31.0 Å². The predicted molar refractivity (Wildman–Crippen MR) is 147 cm³/mol. The third-order valence-corrected chi connectivity index (χ3v) is 6.92. The smallest absolute Gasteiger partial charge is 0.266 e. The van der Waals surface area contributed by atoms with Gasteiger partial charge in [0.2, 0.25) is 5.90 Å². The van der Waals surface area contributed by atoms with Gasteiger partial charge in [0.25, 0.3) is 5.91 Å². The summed E-state index contributed by atoms with van der Waals surface area (Å²) < 4.78 is 40.8. The second-order valence-corrected chi connectivity index (χ2v) is 9.67. The summed E-state index contributed by atoms with van der Waals surface area (Å²) in [6.45, 7) is 3.97. The van der Waals surface area contributed by atoms with E-state index in [9.17, 15) is 13.6 Å². The van der Waals surface area contributed by atoms with Gasteiger partial charge in [-0.15, -0.1) is 6.58 Å². The minimum atomic E-state index is -1.47. The summed E-state index contributed by atoms with van der Waals surface area (Å²) in [5.41, 5.74) is 4.84. The van der Waals surface area contributed by atoms with Crippen LogP contribution in [0.1, 0.15) is 35.6 Å². The maximum absolute atomic E-state index is 14.1. The van der Waals surface area contributed by atoms with Gasteiger partial charge in [-0.2, -0.15) is 0 Å². The minimum absolute atomic E-state index is 0.0384. The summed E-state index contributed by atoms with van der Waals surface area (Å²) in [6.07, 6.45) is 1.37. The fourth-order valence-corrected chi connectivity index (χ4v) is 4.71. The second kappa shape index (κ2) is 13.0. The van der Waals surface area contributed by atoms with Crippen LogP contribution >= 0.6 is 15.9 Å². The Morgan fingerprint density at radius 1 is 1.13 bits per heavy atom. The van der Waals surface area contributed by atoms with E-state index < -0.39 is 29.2 Å². The Hall–Kier alpha value is -3.60. The molecule has 3 aromatic rings. The fraction of sp³-hybridized carbons (Fsp3) is 0.241. The molecule has 4 rings (SSSR count). The van der Waals surface area contributed by atoms with Crippen LogP contribution in [0.15, 0.2) is 88.9 Å². The van der Waals surface area contributed by atoms with E-state index in [-0.39, 0.29) is 31.0 Å². The maximum atomic E-state index is 14.1. The van der Waals surface area contributed by atoms with Crippen molar-refractivity contribution in [1.82, 2.24) is 10.9 Å². The number of rotatable bonds is 12. The molecule has 0 fully saturated rings. The first kappa shape index (κ1) is 28.4. The molecule has 204 valence electrons. The number of nitrogens with zero attached hydrogens (tertiary/aromatic N) is 1. The predicted octanol–water partition coefficient (Wildman–Crippen LogP) is 5.14. The lowest BCUT2D eigenvalue weighted by Gasteiger charge is -2.30. The van der Waals surface area contributed by atoms with Gasteiger partial charge < -0.3 is 14.6 Å². The third-order valence-electron chi connectivity index (χ3n) is 6.20. The summed E-state index contributed by atoms with van der Waals surface area (Å²) >= 11 is 3.55. The van der Waals surface area contributed by atoms with Gasteiger partial charge in [0.05, 0.1) is 6.61 Å². The Morgan fingerprint density at radius 2 is 1.85 bits per heavy atom. The molecule has 1 heterocycles. The highest BCUT2D eigenvalue weighted by atomic mass is 79.9. The number of aliphatic hydroxyl groups excluding tert-OH is 1. The number of hydrazine groups is 1. The number of carbonyl (C=O) groups is 1. The van der Waals surface area contributed by atoms with Gasteiger partial charge in [0.15, 0.2) is 11.6 Å². The quantitative estimate of drug-likeness (QED) is 0.152. The topological polar surface area (TPSA) is 92.2 Å². The molecule has 1 aliphatic heterocycles. The Balaban J connectivity index is 1.64. The number of halogens is 3. The van der Waals surface area contributed by atoms with Crippen LogP contribution in [0.2, 0.25) is 0 Å². The number of ether oxygens (including phenoxy) is 2. The van der Waals surface area contributed by atoms with Crippen LogP contribution in [0, 0.1) is 11.6 Å². The number of aliphatic imine (C=N–C) groups is 1. The van der Waals surface area contributed by atoms with E-state index in [1.807, 2.05) is 24.3 Å². The lowest BCUT2D eigenvalue weighted by molar-refractivity contribution is -0.130. The Labute approximate surface area is 233 Å². The number of hydrogen-bond donors (Lipinski definition) is 3. The summed E-state index contributed by atoms with van der Waals surface area (Å²) in [4.78, 5) is 18.5. The molecular weight excluding hydrogens is 572 g/mol. The van der Waals surface area contributed by atoms with Crippen LogP contribution in [0.3, 0.4) is 0 Å². The van der Waals surface area contributed by atoms with Crippen molar-refractivity contribution in [3.05, 3.63) is 112 Å². The highest BCUT2D eigenvalue weighted by Crippen LogP contribution is 2.44. The average molecular weight is 600 g/mol. The Morgan fingerprint density at radius 3 is 2.51 bits per heavy atom. The summed E-state index contributed by atoms with van der Waals surface area (Å²) in [5.74, 6) is -1.14. The lowest BCUT2D eigenvalue weighted by atomic mass is 9.84. The van der Waals surface area contributed by atoms with E-state index in [2.05, 4.69) is 33.4 Å². The van der Waals surface area contributed by atoms with Crippen molar-refractivity contribution in [3.8, 4) is 5.75 Å². The Kier molecular flexibility index (Phi) is 9.45. The number of aliphatic hydroxyl groups is 1. The molecule has 0 radical (unpaired) electrons. The largest absolute Gasteiger partial charge is 0.494 e. The van der Waals surface area contributed by atoms with Crippen molar-refractivity contribution in [1.29, 1.82) is 0 Å². The van der Waals surface area contributed by atoms with Gasteiger partial charge in [0, 0.05) is 47.2 Å². The normalized spacial score (nSPS) is 18.3. The zero-order valence-electron chi connectivity index (χ0n) is 21.0. The van der Waals surface area contributed by atoms with Gasteiger partial charge in [-0.05, 0) is 42.5 Å². The first-order valence-corrected chi connectivity index (χ1v) is 13.1. The molecule has 0 saturated carbocycles. The first-order valence-electron chi connectivity index (χ1n) is 12.3. The van der Waals surface area contributed by atoms with Crippen molar-refractivity contribution < 1.29 is 28.2 Å². The van der Waals surface area contributed by atoms with E-state index in [4.69, 9.17) is 19.6 Å². The van der Waals surface area contributed by atoms with Gasteiger partial charge in [-0.3, -0.25) is 10.2 Å². The van der Waals surface area contributed by atoms with E-state index in [0.717, 1.165) is 16.6 Å². The monoisotopic (exact) mass is 599 g/mol. The average Bonchev–Trinajstić information content (AvgIpc) is 3.31. The summed E-state index contributed by atoms with van der Waals surface area (Å²) in [7, 11) is 0. The van der Waals surface area contributed by atoms with E-state index in [0.29, 0.717) is 29.9 Å². The van der Waals surface area contributed by atoms with Crippen molar-refractivity contribution in [2.75, 3.05) is 13.2 Å². The Bertz CT molecular complexity index is 1330. The molecule has 7 nitrogen and oxygen atoms in total. The number of carbonyl (C=O) groups excluding carboxylic acids is 1. The molecular formula is C29H28BrF2N3O4. The molecule has 3 aromatic carbocycles. The molecule has 1 aliphatic rings. The summed E-state index contributed by atoms with van der Waals surface area (Å²) in [6, 6.07) is 18.0. The SMILES string of the molecule is C=CC[C@]1(C(=O)NNCc2c(F)cccc2F)N=C(c2ccc(OCCCO)cc2)O[C@H]1c1ccccc1Br. The van der Waals surface area contributed by atoms with Crippen LogP contribution in [0.4, 0.5) is 8.78 Å². The van der Waals surface area contributed by atoms with E-state index in [1.54, 1.807) is 30.3 Å². The lowest BCUT2D eigenvalue weighted by Crippen LogP contribution is -2.52. The number of nitrogens with one attached hydrogen (secondary N) is 2. The van der Waals surface area contributed by atoms with Crippen LogP contribution in [-0.4, -0.2) is 35.7 Å². The molecule has 10 heteroatoms. The molecule has 2 atom stereocenters. The zero-order valence-corrected chi connectivity index (χ0v) is 22.6. The van der Waals surface area contributed by atoms with Crippen LogP contribution in [0.25, 0.3) is 0 Å². The molecule has 1 amide bonds. The molecule has 3 N–H and O–H groups in total. The summed E-state index contributed by atoms with van der Waals surface area (Å²) in [5, 5.41) is 8.95. The fourth-order valence-electron chi connectivity index (χ4n) is 4.22. The molecule has 0 saturated heterocycles. The van der Waals surface area contributed by atoms with Crippen molar-refractivity contribution in [2.24, 2.45) is 4.99 Å². The molecule has 39 heavy (non-hydrogen) atoms. The zero-order chi connectivity index (χ0) is 27.8. The first-order chi connectivity index (χ1) is 18.9. The molecule has 0 aromatic heterocycles. The van der Waals surface area contributed by atoms with Crippen molar-refractivity contribution >= 4 is 27.7 Å². The molecule has 0 unspecified atom stereocenters. The number of benzene rings is 3. The highest BCUT2D eigenvalue weighted by Gasteiger charge is 2.53. The maximum Gasteiger partial charge on any atom is 0.266 e. The van der Waals surface area contributed by atoms with Crippen LogP contribution in [0.5, 0.6) is 5.75 Å². The minimum Gasteiger partial charge on any atom is -0.494 e. The molecule has 0 spiro atoms. The van der Waals surface area contributed by atoms with E-state index >= 15 is 0 Å². The van der Waals surface area contributed by atoms with Gasteiger partial charge >= 0.3 is 0 Å². The van der Waals surface area contributed by atoms with Gasteiger partial charge in [0.1, 0.15) is 17.4 Å². The second-order valence-electron chi connectivity index (χ2n) is 8.81. The molecule has 0 bridgehead atoms.